The predicted octanol–water partition coefficient (Wildman–Crippen LogP) is 3.04. The van der Waals surface area contributed by atoms with E-state index in [9.17, 15) is 4.39 Å². The van der Waals surface area contributed by atoms with Crippen LogP contribution in [0, 0.1) is 5.82 Å². The van der Waals surface area contributed by atoms with Crippen molar-refractivity contribution >= 4 is 22.8 Å². The van der Waals surface area contributed by atoms with Crippen LogP contribution < -0.4 is 0 Å². The molecule has 0 unspecified atom stereocenters. The van der Waals surface area contributed by atoms with Crippen molar-refractivity contribution in [3.05, 3.63) is 48.8 Å². The molecule has 3 heterocycles. The molecular formula is C15H11FN6S. The summed E-state index contributed by atoms with van der Waals surface area (Å²) in [4.78, 5) is 16.1. The Hall–Kier alpha value is -2.74. The summed E-state index contributed by atoms with van der Waals surface area (Å²) >= 11 is 1.40. The van der Waals surface area contributed by atoms with Crippen LogP contribution in [0.25, 0.3) is 22.3 Å². The fraction of sp³-hybridized carbons (Fsp3) is 0.0667. The van der Waals surface area contributed by atoms with Crippen LogP contribution in [0.5, 0.6) is 0 Å². The van der Waals surface area contributed by atoms with Crippen molar-refractivity contribution in [2.24, 2.45) is 7.05 Å². The van der Waals surface area contributed by atoms with Gasteiger partial charge in [0.2, 0.25) is 0 Å². The van der Waals surface area contributed by atoms with E-state index in [1.807, 2.05) is 7.05 Å². The molecule has 0 aliphatic rings. The van der Waals surface area contributed by atoms with Gasteiger partial charge in [-0.1, -0.05) is 0 Å². The lowest BCUT2D eigenvalue weighted by molar-refractivity contribution is 0.628. The topological polar surface area (TPSA) is 72.3 Å². The second-order valence-electron chi connectivity index (χ2n) is 4.90. The van der Waals surface area contributed by atoms with Crippen molar-refractivity contribution in [2.75, 3.05) is 0 Å². The number of aromatic nitrogens is 6. The third-order valence-corrected chi connectivity index (χ3v) is 4.31. The third-order valence-electron chi connectivity index (χ3n) is 3.39. The monoisotopic (exact) mass is 326 g/mol. The molecule has 4 aromatic rings. The van der Waals surface area contributed by atoms with Crippen LogP contribution in [0.4, 0.5) is 4.39 Å². The SMILES string of the molecule is Cn1ncc2c(Sc3ncc(-c4ccc(F)cc4)[nH]3)ncnc21. The van der Waals surface area contributed by atoms with Crippen molar-refractivity contribution in [1.29, 1.82) is 0 Å². The average molecular weight is 326 g/mol. The summed E-state index contributed by atoms with van der Waals surface area (Å²) in [5, 5.41) is 6.55. The smallest absolute Gasteiger partial charge is 0.172 e. The molecule has 0 amide bonds. The summed E-state index contributed by atoms with van der Waals surface area (Å²) < 4.78 is 14.7. The largest absolute Gasteiger partial charge is 0.333 e. The van der Waals surface area contributed by atoms with Crippen LogP contribution >= 0.6 is 11.8 Å². The van der Waals surface area contributed by atoms with Gasteiger partial charge in [-0.2, -0.15) is 5.10 Å². The van der Waals surface area contributed by atoms with Crippen molar-refractivity contribution < 1.29 is 4.39 Å². The van der Waals surface area contributed by atoms with Gasteiger partial charge in [-0.3, -0.25) is 4.68 Å². The number of fused-ring (bicyclic) bond motifs is 1. The Morgan fingerprint density at radius 1 is 1.09 bits per heavy atom. The summed E-state index contributed by atoms with van der Waals surface area (Å²) in [6, 6.07) is 6.27. The number of H-pyrrole nitrogens is 1. The number of halogens is 1. The van der Waals surface area contributed by atoms with Crippen molar-refractivity contribution in [1.82, 2.24) is 29.7 Å². The first-order chi connectivity index (χ1) is 11.2. The minimum absolute atomic E-state index is 0.261. The van der Waals surface area contributed by atoms with Gasteiger partial charge in [0.25, 0.3) is 0 Å². The highest BCUT2D eigenvalue weighted by Gasteiger charge is 2.11. The predicted molar refractivity (Wildman–Crippen MR) is 84.4 cm³/mol. The molecular weight excluding hydrogens is 315 g/mol. The normalized spacial score (nSPS) is 11.2. The van der Waals surface area contributed by atoms with Crippen LogP contribution in [0.15, 0.2) is 53.2 Å². The Morgan fingerprint density at radius 3 is 2.74 bits per heavy atom. The Labute approximate surface area is 134 Å². The van der Waals surface area contributed by atoms with Crippen molar-refractivity contribution in [2.45, 2.75) is 10.2 Å². The molecule has 0 aliphatic carbocycles. The van der Waals surface area contributed by atoms with E-state index in [1.165, 1.54) is 30.2 Å². The van der Waals surface area contributed by atoms with Crippen LogP contribution in [-0.2, 0) is 7.05 Å². The van der Waals surface area contributed by atoms with Gasteiger partial charge >= 0.3 is 0 Å². The molecule has 0 saturated carbocycles. The van der Waals surface area contributed by atoms with Crippen molar-refractivity contribution in [3.8, 4) is 11.3 Å². The summed E-state index contributed by atoms with van der Waals surface area (Å²) in [7, 11) is 1.84. The molecule has 0 fully saturated rings. The van der Waals surface area contributed by atoms with Gasteiger partial charge in [0.05, 0.1) is 23.5 Å². The van der Waals surface area contributed by atoms with Crippen molar-refractivity contribution in [3.63, 3.8) is 0 Å². The fourth-order valence-corrected chi connectivity index (χ4v) is 3.05. The average Bonchev–Trinajstić information content (AvgIpc) is 3.17. The molecule has 8 heteroatoms. The summed E-state index contributed by atoms with van der Waals surface area (Å²) in [5.74, 6) is -0.261. The number of hydrogen-bond acceptors (Lipinski definition) is 5. The molecule has 0 radical (unpaired) electrons. The molecule has 3 aromatic heterocycles. The molecule has 1 aromatic carbocycles. The van der Waals surface area contributed by atoms with Gasteiger partial charge in [-0.15, -0.1) is 0 Å². The van der Waals surface area contributed by atoms with E-state index in [2.05, 4.69) is 25.0 Å². The van der Waals surface area contributed by atoms with Crippen LogP contribution in [0.2, 0.25) is 0 Å². The summed E-state index contributed by atoms with van der Waals surface area (Å²) in [6.45, 7) is 0. The molecule has 4 rings (SSSR count). The first kappa shape index (κ1) is 13.9. The highest BCUT2D eigenvalue weighted by Crippen LogP contribution is 2.30. The maximum atomic E-state index is 13.0. The molecule has 23 heavy (non-hydrogen) atoms. The second kappa shape index (κ2) is 5.47. The zero-order chi connectivity index (χ0) is 15.8. The van der Waals surface area contributed by atoms with Gasteiger partial charge in [-0.05, 0) is 41.6 Å². The lowest BCUT2D eigenvalue weighted by atomic mass is 10.2. The van der Waals surface area contributed by atoms with Gasteiger partial charge in [-0.25, -0.2) is 19.3 Å². The minimum Gasteiger partial charge on any atom is -0.333 e. The van der Waals surface area contributed by atoms with E-state index >= 15 is 0 Å². The number of aromatic amines is 1. The summed E-state index contributed by atoms with van der Waals surface area (Å²) in [5.41, 5.74) is 2.47. The number of benzene rings is 1. The first-order valence-corrected chi connectivity index (χ1v) is 7.64. The maximum absolute atomic E-state index is 13.0. The van der Waals surface area contributed by atoms with E-state index in [0.717, 1.165) is 27.3 Å². The number of nitrogens with one attached hydrogen (secondary N) is 1. The lowest BCUT2D eigenvalue weighted by Crippen LogP contribution is -1.92. The van der Waals surface area contributed by atoms with Gasteiger partial charge < -0.3 is 4.98 Å². The van der Waals surface area contributed by atoms with Crippen LogP contribution in [0.1, 0.15) is 0 Å². The lowest BCUT2D eigenvalue weighted by Gasteiger charge is -1.99. The van der Waals surface area contributed by atoms with Crippen LogP contribution in [0.3, 0.4) is 0 Å². The standard InChI is InChI=1S/C15H11FN6S/c1-22-13-11(6-20-22)14(19-8-18-13)23-15-17-7-12(21-15)9-2-4-10(16)5-3-9/h2-8H,1H3,(H,17,21). The van der Waals surface area contributed by atoms with Crippen LogP contribution in [-0.4, -0.2) is 29.7 Å². The molecule has 0 atom stereocenters. The summed E-state index contributed by atoms with van der Waals surface area (Å²) in [6.07, 6.45) is 4.97. The quantitative estimate of drug-likeness (QED) is 0.586. The van der Waals surface area contributed by atoms with E-state index in [1.54, 1.807) is 29.2 Å². The van der Waals surface area contributed by atoms with E-state index < -0.39 is 0 Å². The highest BCUT2D eigenvalue weighted by molar-refractivity contribution is 7.99. The second-order valence-corrected chi connectivity index (χ2v) is 5.87. The fourth-order valence-electron chi connectivity index (χ4n) is 2.24. The first-order valence-electron chi connectivity index (χ1n) is 6.82. The van der Waals surface area contributed by atoms with Gasteiger partial charge in [0, 0.05) is 7.05 Å². The number of imidazole rings is 1. The number of rotatable bonds is 3. The molecule has 6 nitrogen and oxygen atoms in total. The molecule has 0 aliphatic heterocycles. The Morgan fingerprint density at radius 2 is 1.91 bits per heavy atom. The maximum Gasteiger partial charge on any atom is 0.172 e. The Balaban J connectivity index is 1.65. The molecule has 114 valence electrons. The van der Waals surface area contributed by atoms with E-state index in [0.29, 0.717) is 5.16 Å². The number of aryl methyl sites for hydroxylation is 1. The highest BCUT2D eigenvalue weighted by atomic mass is 32.2. The van der Waals surface area contributed by atoms with E-state index in [4.69, 9.17) is 0 Å². The molecule has 1 N–H and O–H groups in total. The molecule has 0 bridgehead atoms. The van der Waals surface area contributed by atoms with E-state index in [-0.39, 0.29) is 5.82 Å². The Kier molecular flexibility index (Phi) is 3.30. The van der Waals surface area contributed by atoms with Gasteiger partial charge in [0.1, 0.15) is 17.2 Å². The molecule has 0 saturated heterocycles. The molecule has 0 spiro atoms. The zero-order valence-corrected chi connectivity index (χ0v) is 12.9. The zero-order valence-electron chi connectivity index (χ0n) is 12.1. The number of hydrogen-bond donors (Lipinski definition) is 1. The minimum atomic E-state index is -0.261. The third kappa shape index (κ3) is 2.57. The Bertz CT molecular complexity index is 975. The van der Waals surface area contributed by atoms with Gasteiger partial charge in [0.15, 0.2) is 10.8 Å². The number of nitrogens with zero attached hydrogens (tertiary/aromatic N) is 5.